The number of alkyl halides is 2. The molecule has 1 saturated heterocycles. The maximum atomic E-state index is 13.1. The third-order valence-electron chi connectivity index (χ3n) is 3.40. The third-order valence-corrected chi connectivity index (χ3v) is 3.40. The van der Waals surface area contributed by atoms with Gasteiger partial charge in [0.15, 0.2) is 0 Å². The highest BCUT2D eigenvalue weighted by molar-refractivity contribution is 5.75. The number of hydrogen-bond donors (Lipinski definition) is 0. The van der Waals surface area contributed by atoms with Crippen LogP contribution in [0.5, 0.6) is 0 Å². The molecule has 0 bridgehead atoms. The Morgan fingerprint density at radius 3 is 2.65 bits per heavy atom. The van der Waals surface area contributed by atoms with Gasteiger partial charge in [-0.05, 0) is 12.0 Å². The number of halogens is 2. The van der Waals surface area contributed by atoms with Crippen molar-refractivity contribution in [3.8, 4) is 11.4 Å². The number of hydroxylamine groups is 2. The lowest BCUT2D eigenvalue weighted by atomic mass is 10.1. The quantitative estimate of drug-likeness (QED) is 0.865. The predicted octanol–water partition coefficient (Wildman–Crippen LogP) is 2.90. The predicted molar refractivity (Wildman–Crippen MR) is 75.0 cm³/mol. The van der Waals surface area contributed by atoms with Gasteiger partial charge in [0.1, 0.15) is 0 Å². The van der Waals surface area contributed by atoms with Gasteiger partial charge in [0, 0.05) is 18.9 Å². The molecule has 0 N–H and O–H groups in total. The SMILES string of the molecule is CC(F)(F)c1nc(-c2ccc(CN3OCCCC3=O)cc2)no1. The summed E-state index contributed by atoms with van der Waals surface area (Å²) in [7, 11) is 0. The summed E-state index contributed by atoms with van der Waals surface area (Å²) in [4.78, 5) is 20.7. The van der Waals surface area contributed by atoms with Crippen LogP contribution >= 0.6 is 0 Å². The molecule has 1 amide bonds. The number of hydrogen-bond acceptors (Lipinski definition) is 5. The molecule has 1 fully saturated rings. The standard InChI is InChI=1S/C15H15F2N3O3/c1-15(16,17)14-18-13(19-23-14)11-6-4-10(5-7-11)9-20-12(21)3-2-8-22-20/h4-7H,2-3,8-9H2,1H3. The second kappa shape index (κ2) is 6.04. The molecule has 23 heavy (non-hydrogen) atoms. The molecule has 1 aromatic heterocycles. The molecule has 8 heteroatoms. The summed E-state index contributed by atoms with van der Waals surface area (Å²) in [5.41, 5.74) is 1.41. The van der Waals surface area contributed by atoms with Crippen LogP contribution < -0.4 is 0 Å². The zero-order valence-corrected chi connectivity index (χ0v) is 12.5. The van der Waals surface area contributed by atoms with E-state index in [0.717, 1.165) is 12.0 Å². The molecule has 2 heterocycles. The van der Waals surface area contributed by atoms with Crippen molar-refractivity contribution in [2.75, 3.05) is 6.61 Å². The molecule has 0 spiro atoms. The zero-order valence-electron chi connectivity index (χ0n) is 12.5. The summed E-state index contributed by atoms with van der Waals surface area (Å²) < 4.78 is 30.8. The summed E-state index contributed by atoms with van der Waals surface area (Å²) in [6.07, 6.45) is 1.21. The maximum Gasteiger partial charge on any atom is 0.322 e. The van der Waals surface area contributed by atoms with Crippen molar-refractivity contribution in [3.63, 3.8) is 0 Å². The molecular weight excluding hydrogens is 308 g/mol. The number of benzene rings is 1. The number of rotatable bonds is 4. The van der Waals surface area contributed by atoms with Crippen LogP contribution in [0, 0.1) is 0 Å². The molecular formula is C15H15F2N3O3. The second-order valence-corrected chi connectivity index (χ2v) is 5.38. The molecule has 2 aromatic rings. The average Bonchev–Trinajstić information content (AvgIpc) is 3.00. The van der Waals surface area contributed by atoms with Gasteiger partial charge < -0.3 is 4.52 Å². The maximum absolute atomic E-state index is 13.1. The van der Waals surface area contributed by atoms with Crippen LogP contribution in [0.2, 0.25) is 0 Å². The van der Waals surface area contributed by atoms with E-state index in [1.807, 2.05) is 0 Å². The lowest BCUT2D eigenvalue weighted by Gasteiger charge is -2.25. The van der Waals surface area contributed by atoms with Crippen molar-refractivity contribution in [3.05, 3.63) is 35.7 Å². The number of nitrogens with zero attached hydrogens (tertiary/aromatic N) is 3. The zero-order chi connectivity index (χ0) is 16.4. The van der Waals surface area contributed by atoms with Gasteiger partial charge in [-0.25, -0.2) is 5.06 Å². The van der Waals surface area contributed by atoms with Crippen LogP contribution in [-0.2, 0) is 22.1 Å². The fourth-order valence-corrected chi connectivity index (χ4v) is 2.17. The van der Waals surface area contributed by atoms with Crippen LogP contribution in [0.15, 0.2) is 28.8 Å². The Hall–Kier alpha value is -2.35. The highest BCUT2D eigenvalue weighted by Crippen LogP contribution is 2.27. The van der Waals surface area contributed by atoms with Gasteiger partial charge in [-0.1, -0.05) is 29.4 Å². The molecule has 3 rings (SSSR count). The lowest BCUT2D eigenvalue weighted by Crippen LogP contribution is -2.34. The Bertz CT molecular complexity index is 695. The normalized spacial score (nSPS) is 16.0. The smallest absolute Gasteiger partial charge is 0.322 e. The second-order valence-electron chi connectivity index (χ2n) is 5.38. The summed E-state index contributed by atoms with van der Waals surface area (Å²) in [6, 6.07) is 6.90. The monoisotopic (exact) mass is 323 g/mol. The van der Waals surface area contributed by atoms with Gasteiger partial charge >= 0.3 is 5.92 Å². The van der Waals surface area contributed by atoms with Crippen molar-refractivity contribution >= 4 is 5.91 Å². The first-order chi connectivity index (χ1) is 10.9. The van der Waals surface area contributed by atoms with E-state index < -0.39 is 11.8 Å². The van der Waals surface area contributed by atoms with Crippen molar-refractivity contribution in [2.45, 2.75) is 32.2 Å². The van der Waals surface area contributed by atoms with Crippen LogP contribution in [0.1, 0.15) is 31.2 Å². The fraction of sp³-hybridized carbons (Fsp3) is 0.400. The van der Waals surface area contributed by atoms with E-state index in [1.165, 1.54) is 5.06 Å². The van der Waals surface area contributed by atoms with Crippen LogP contribution in [0.4, 0.5) is 8.78 Å². The molecule has 0 saturated carbocycles. The molecule has 1 aliphatic rings. The van der Waals surface area contributed by atoms with Crippen molar-refractivity contribution < 1.29 is 22.9 Å². The molecule has 0 radical (unpaired) electrons. The number of carbonyl (C=O) groups is 1. The first-order valence-corrected chi connectivity index (χ1v) is 7.18. The molecule has 1 aliphatic heterocycles. The summed E-state index contributed by atoms with van der Waals surface area (Å²) in [5.74, 6) is -3.84. The van der Waals surface area contributed by atoms with Gasteiger partial charge in [0.25, 0.3) is 5.89 Å². The van der Waals surface area contributed by atoms with E-state index in [0.29, 0.717) is 32.1 Å². The summed E-state index contributed by atoms with van der Waals surface area (Å²) in [6.45, 7) is 1.56. The minimum atomic E-state index is -3.17. The first-order valence-electron chi connectivity index (χ1n) is 7.18. The molecule has 0 atom stereocenters. The number of aromatic nitrogens is 2. The van der Waals surface area contributed by atoms with Crippen molar-refractivity contribution in [2.24, 2.45) is 0 Å². The Morgan fingerprint density at radius 1 is 1.30 bits per heavy atom. The number of carbonyl (C=O) groups excluding carboxylic acids is 1. The van der Waals surface area contributed by atoms with Gasteiger partial charge in [0.05, 0.1) is 13.2 Å². The van der Waals surface area contributed by atoms with E-state index in [4.69, 9.17) is 4.84 Å². The van der Waals surface area contributed by atoms with Gasteiger partial charge in [0.2, 0.25) is 11.7 Å². The highest BCUT2D eigenvalue weighted by atomic mass is 19.3. The summed E-state index contributed by atoms with van der Waals surface area (Å²) in [5, 5.41) is 4.89. The molecule has 1 aromatic carbocycles. The first kappa shape index (κ1) is 15.5. The Labute approximate surface area is 131 Å². The van der Waals surface area contributed by atoms with E-state index in [-0.39, 0.29) is 11.7 Å². The average molecular weight is 323 g/mol. The third kappa shape index (κ3) is 3.53. The van der Waals surface area contributed by atoms with Crippen LogP contribution in [0.3, 0.4) is 0 Å². The van der Waals surface area contributed by atoms with E-state index in [2.05, 4.69) is 14.7 Å². The topological polar surface area (TPSA) is 68.5 Å². The Morgan fingerprint density at radius 2 is 2.04 bits per heavy atom. The highest BCUT2D eigenvalue weighted by Gasteiger charge is 2.32. The number of amides is 1. The molecule has 0 aliphatic carbocycles. The fourth-order valence-electron chi connectivity index (χ4n) is 2.17. The van der Waals surface area contributed by atoms with E-state index >= 15 is 0 Å². The van der Waals surface area contributed by atoms with Gasteiger partial charge in [-0.15, -0.1) is 0 Å². The van der Waals surface area contributed by atoms with Crippen molar-refractivity contribution in [1.29, 1.82) is 0 Å². The molecule has 0 unspecified atom stereocenters. The van der Waals surface area contributed by atoms with E-state index in [9.17, 15) is 13.6 Å². The Kier molecular flexibility index (Phi) is 4.08. The minimum Gasteiger partial charge on any atom is -0.332 e. The molecule has 122 valence electrons. The molecule has 6 nitrogen and oxygen atoms in total. The van der Waals surface area contributed by atoms with Crippen LogP contribution in [-0.4, -0.2) is 27.7 Å². The largest absolute Gasteiger partial charge is 0.332 e. The Balaban J connectivity index is 1.72. The van der Waals surface area contributed by atoms with Gasteiger partial charge in [-0.3, -0.25) is 9.63 Å². The minimum absolute atomic E-state index is 0.0479. The van der Waals surface area contributed by atoms with Crippen molar-refractivity contribution in [1.82, 2.24) is 15.2 Å². The van der Waals surface area contributed by atoms with Gasteiger partial charge in [-0.2, -0.15) is 13.8 Å². The van der Waals surface area contributed by atoms with Crippen LogP contribution in [0.25, 0.3) is 11.4 Å². The lowest BCUT2D eigenvalue weighted by molar-refractivity contribution is -0.201. The van der Waals surface area contributed by atoms with E-state index in [1.54, 1.807) is 24.3 Å². The summed E-state index contributed by atoms with van der Waals surface area (Å²) >= 11 is 0.